The van der Waals surface area contributed by atoms with Gasteiger partial charge in [-0.25, -0.2) is 0 Å². The summed E-state index contributed by atoms with van der Waals surface area (Å²) in [4.78, 5) is 0. The van der Waals surface area contributed by atoms with Gasteiger partial charge in [-0.3, -0.25) is 0 Å². The van der Waals surface area contributed by atoms with Crippen molar-refractivity contribution >= 4 is 23.7 Å². The van der Waals surface area contributed by atoms with Crippen LogP contribution in [0.5, 0.6) is 0 Å². The summed E-state index contributed by atoms with van der Waals surface area (Å²) in [6.07, 6.45) is 44.4. The van der Waals surface area contributed by atoms with Crippen LogP contribution in [0.1, 0.15) is 84.6 Å². The molecule has 9 nitrogen and oxygen atoms in total. The van der Waals surface area contributed by atoms with Crippen molar-refractivity contribution in [3.8, 4) is 0 Å². The van der Waals surface area contributed by atoms with E-state index in [1.807, 2.05) is 6.07 Å². The first-order chi connectivity index (χ1) is 32.3. The number of hydrogen-bond acceptors (Lipinski definition) is 9. The molecule has 3 N–H and O–H groups in total. The number of aliphatic hydroxyl groups excluding tert-OH is 3. The summed E-state index contributed by atoms with van der Waals surface area (Å²) in [6.45, 7) is 7.32. The molecule has 0 saturated heterocycles. The summed E-state index contributed by atoms with van der Waals surface area (Å²) in [7, 11) is 5.18. The molecule has 8 aliphatic rings. The third kappa shape index (κ3) is 15.1. The highest BCUT2D eigenvalue weighted by molar-refractivity contribution is 6.63. The molecule has 6 bridgehead atoms. The first-order valence-corrected chi connectivity index (χ1v) is 28.7. The van der Waals surface area contributed by atoms with Crippen LogP contribution in [0.15, 0.2) is 121 Å². The molecule has 372 valence electrons. The highest BCUT2D eigenvalue weighted by atomic mass is 28.4. The molecule has 67 heavy (non-hydrogen) atoms. The maximum atomic E-state index is 8.70. The molecule has 3 saturated carbocycles. The summed E-state index contributed by atoms with van der Waals surface area (Å²) < 4.78 is 34.3. The Morgan fingerprint density at radius 3 is 1.43 bits per heavy atom. The minimum absolute atomic E-state index is 0.266. The van der Waals surface area contributed by atoms with Crippen molar-refractivity contribution in [2.24, 2.45) is 65.1 Å². The summed E-state index contributed by atoms with van der Waals surface area (Å²) >= 11 is 0. The maximum absolute atomic E-state index is 8.70. The van der Waals surface area contributed by atoms with Crippen molar-refractivity contribution in [2.75, 3.05) is 42.7 Å². The summed E-state index contributed by atoms with van der Waals surface area (Å²) in [5, 5.41) is 25.9. The first kappa shape index (κ1) is 55.1. The van der Waals surface area contributed by atoms with Gasteiger partial charge in [0.2, 0.25) is 0 Å². The number of benzene rings is 1. The van der Waals surface area contributed by atoms with Gasteiger partial charge in [-0.05, 0) is 143 Å². The molecule has 3 fully saturated rings. The normalized spacial score (nSPS) is 34.0. The SMILES string of the molecule is C/C=C/C1C=CC(/C=C/C2CC(/C=C/c3ccccc3)C([Si](OC)(OC)OC)C2)C1.C1=CC2C=CC1C2.CC(O)C(O)C(C)O.CC1CC2C=CC1C2.CO[Si](OC)(OC)C1CC2C=CC1C2. The molecule has 9 rings (SSSR count). The van der Waals surface area contributed by atoms with Crippen LogP contribution in [0.2, 0.25) is 11.1 Å². The van der Waals surface area contributed by atoms with E-state index in [0.717, 1.165) is 48.3 Å². The number of aliphatic hydroxyl groups is 3. The second-order valence-corrected chi connectivity index (χ2v) is 26.4. The van der Waals surface area contributed by atoms with Crippen LogP contribution in [0.3, 0.4) is 0 Å². The standard InChI is InChI=1S/C26H36O3Si.C10H18O3Si.C8H12.C7H8.C5H12O3/c1-5-9-22-12-13-23(18-22)14-15-24-19-25(17-16-21-10-7-6-8-11-21)26(20-24)30(27-2,28-3)29-4;1-11-14(12-2,13-3)10-7-8-4-5-9(10)6-8;1-6-4-7-2-3-8(6)5-7;1-2-7-4-3-6(1)5-7;1-3(6)5(8)4(2)7/h5-17,22-26H,18-20H2,1-4H3;4-5,8-10H,6-7H2,1-3H3;2-3,6-8H,4-5H2,1H3;1-4,6-7H,5H2;3-8H,1-2H3/b9-5+,15-14+,17-16+;;;;. The second kappa shape index (κ2) is 27.0. The molecule has 0 radical (unpaired) electrons. The molecule has 13 unspecified atom stereocenters. The van der Waals surface area contributed by atoms with Crippen molar-refractivity contribution in [1.29, 1.82) is 0 Å². The van der Waals surface area contributed by atoms with E-state index in [2.05, 4.69) is 135 Å². The zero-order valence-corrected chi connectivity index (χ0v) is 44.3. The fourth-order valence-corrected chi connectivity index (χ4v) is 17.2. The van der Waals surface area contributed by atoms with E-state index in [1.54, 1.807) is 42.7 Å². The smallest absolute Gasteiger partial charge is 0.391 e. The minimum Gasteiger partial charge on any atom is -0.391 e. The van der Waals surface area contributed by atoms with Gasteiger partial charge in [0.25, 0.3) is 0 Å². The van der Waals surface area contributed by atoms with Crippen molar-refractivity contribution in [3.63, 3.8) is 0 Å². The predicted octanol–water partition coefficient (Wildman–Crippen LogP) is 11.2. The molecule has 0 aliphatic heterocycles. The Morgan fingerprint density at radius 1 is 0.522 bits per heavy atom. The number of hydrogen-bond donors (Lipinski definition) is 3. The van der Waals surface area contributed by atoms with E-state index in [0.29, 0.717) is 35.1 Å². The number of rotatable bonds is 15. The van der Waals surface area contributed by atoms with Gasteiger partial charge in [0.15, 0.2) is 0 Å². The largest absolute Gasteiger partial charge is 0.504 e. The lowest BCUT2D eigenvalue weighted by molar-refractivity contribution is -0.0438. The van der Waals surface area contributed by atoms with E-state index >= 15 is 0 Å². The van der Waals surface area contributed by atoms with Crippen LogP contribution in [-0.2, 0) is 26.6 Å². The Hall–Kier alpha value is -2.79. The maximum Gasteiger partial charge on any atom is 0.504 e. The Morgan fingerprint density at radius 2 is 1.04 bits per heavy atom. The second-order valence-electron chi connectivity index (χ2n) is 20.0. The van der Waals surface area contributed by atoms with Crippen molar-refractivity contribution in [2.45, 2.75) is 108 Å². The molecule has 1 aromatic rings. The highest BCUT2D eigenvalue weighted by Crippen LogP contribution is 2.52. The zero-order chi connectivity index (χ0) is 48.6. The fraction of sp³-hybridized carbons (Fsp3) is 0.607. The van der Waals surface area contributed by atoms with Crippen LogP contribution >= 0.6 is 0 Å². The molecular weight excluding hydrogens is 873 g/mol. The fourth-order valence-electron chi connectivity index (χ4n) is 11.7. The Kier molecular flexibility index (Phi) is 22.2. The predicted molar refractivity (Wildman–Crippen MR) is 277 cm³/mol. The summed E-state index contributed by atoms with van der Waals surface area (Å²) in [5.41, 5.74) is 1.96. The van der Waals surface area contributed by atoms with E-state index in [1.165, 1.54) is 57.9 Å². The molecule has 0 spiro atoms. The molecule has 11 heteroatoms. The van der Waals surface area contributed by atoms with Gasteiger partial charge in [-0.1, -0.05) is 134 Å². The number of allylic oxidation sites excluding steroid dienone is 15. The Labute approximate surface area is 407 Å². The Balaban J connectivity index is 0.000000184. The van der Waals surface area contributed by atoms with Gasteiger partial charge in [0.1, 0.15) is 6.10 Å². The lowest BCUT2D eigenvalue weighted by atomic mass is 9.96. The van der Waals surface area contributed by atoms with Crippen molar-refractivity contribution in [1.82, 2.24) is 0 Å². The third-order valence-corrected chi connectivity index (χ3v) is 22.0. The average molecular weight is 959 g/mol. The van der Waals surface area contributed by atoms with Crippen LogP contribution in [0, 0.1) is 65.1 Å². The van der Waals surface area contributed by atoms with E-state index < -0.39 is 35.9 Å². The van der Waals surface area contributed by atoms with Crippen molar-refractivity contribution in [3.05, 3.63) is 127 Å². The van der Waals surface area contributed by atoms with Gasteiger partial charge in [-0.15, -0.1) is 0 Å². The van der Waals surface area contributed by atoms with Crippen molar-refractivity contribution < 1.29 is 41.9 Å². The molecule has 1 aromatic carbocycles. The quantitative estimate of drug-likeness (QED) is 0.117. The topological polar surface area (TPSA) is 116 Å². The minimum atomic E-state index is -2.72. The molecule has 0 amide bonds. The third-order valence-electron chi connectivity index (χ3n) is 15.5. The van der Waals surface area contributed by atoms with Crippen LogP contribution in [-0.4, -0.2) is 93.9 Å². The van der Waals surface area contributed by atoms with E-state index in [9.17, 15) is 0 Å². The molecule has 8 aliphatic carbocycles. The molecule has 0 heterocycles. The van der Waals surface area contributed by atoms with E-state index in [-0.39, 0.29) is 5.54 Å². The average Bonchev–Trinajstić information content (AvgIpc) is 4.22. The first-order valence-electron chi connectivity index (χ1n) is 25.1. The van der Waals surface area contributed by atoms with Gasteiger partial charge in [-0.2, -0.15) is 0 Å². The monoisotopic (exact) mass is 959 g/mol. The molecule has 13 atom stereocenters. The van der Waals surface area contributed by atoms with Crippen LogP contribution in [0.25, 0.3) is 6.08 Å². The summed E-state index contributed by atoms with van der Waals surface area (Å²) in [6, 6.07) is 10.5. The Bertz CT molecular complexity index is 1790. The van der Waals surface area contributed by atoms with Crippen LogP contribution < -0.4 is 0 Å². The zero-order valence-electron chi connectivity index (χ0n) is 42.3. The summed E-state index contributed by atoms with van der Waals surface area (Å²) in [5.74, 6) is 7.90. The van der Waals surface area contributed by atoms with E-state index in [4.69, 9.17) is 41.9 Å². The van der Waals surface area contributed by atoms with Gasteiger partial charge < -0.3 is 41.9 Å². The lowest BCUT2D eigenvalue weighted by Gasteiger charge is -2.33. The van der Waals surface area contributed by atoms with Crippen LogP contribution in [0.4, 0.5) is 0 Å². The van der Waals surface area contributed by atoms with Gasteiger partial charge >= 0.3 is 17.6 Å². The highest BCUT2D eigenvalue weighted by Gasteiger charge is 2.56. The number of fused-ring (bicyclic) bond motifs is 6. The van der Waals surface area contributed by atoms with Gasteiger partial charge in [0.05, 0.1) is 12.2 Å². The molecular formula is C56H86O9Si2. The lowest BCUT2D eigenvalue weighted by Crippen LogP contribution is -2.49. The van der Waals surface area contributed by atoms with Gasteiger partial charge in [0, 0.05) is 53.7 Å². The molecule has 0 aromatic heterocycles.